The SMILES string of the molecule is CCCOc1ccc(C(CCO)N2CCCC2)cc1OCCC. The highest BCUT2D eigenvalue weighted by atomic mass is 16.5. The average Bonchev–Trinajstić information content (AvgIpc) is 3.10. The van der Waals surface area contributed by atoms with Gasteiger partial charge in [0.25, 0.3) is 0 Å². The molecule has 0 amide bonds. The molecule has 0 bridgehead atoms. The summed E-state index contributed by atoms with van der Waals surface area (Å²) < 4.78 is 11.7. The molecule has 1 aromatic rings. The molecule has 0 aromatic heterocycles. The third kappa shape index (κ3) is 5.11. The topological polar surface area (TPSA) is 41.9 Å². The third-order valence-corrected chi connectivity index (χ3v) is 4.26. The predicted molar refractivity (Wildman–Crippen MR) is 93.3 cm³/mol. The van der Waals surface area contributed by atoms with Crippen LogP contribution in [0.25, 0.3) is 0 Å². The first-order valence-corrected chi connectivity index (χ1v) is 9.04. The van der Waals surface area contributed by atoms with Crippen molar-refractivity contribution < 1.29 is 14.6 Å². The van der Waals surface area contributed by atoms with Gasteiger partial charge in [-0.25, -0.2) is 0 Å². The second kappa shape index (κ2) is 9.78. The van der Waals surface area contributed by atoms with Gasteiger partial charge in [-0.1, -0.05) is 19.9 Å². The van der Waals surface area contributed by atoms with Gasteiger partial charge in [-0.3, -0.25) is 4.90 Å². The number of hydrogen-bond acceptors (Lipinski definition) is 4. The molecular weight excluding hydrogens is 290 g/mol. The van der Waals surface area contributed by atoms with E-state index in [0.717, 1.165) is 43.9 Å². The summed E-state index contributed by atoms with van der Waals surface area (Å²) in [7, 11) is 0. The Morgan fingerprint density at radius 2 is 1.70 bits per heavy atom. The van der Waals surface area contributed by atoms with Crippen LogP contribution in [0.5, 0.6) is 11.5 Å². The Hall–Kier alpha value is -1.26. The molecule has 4 heteroatoms. The lowest BCUT2D eigenvalue weighted by Crippen LogP contribution is -2.26. The van der Waals surface area contributed by atoms with Crippen molar-refractivity contribution in [3.05, 3.63) is 23.8 Å². The molecule has 1 aliphatic heterocycles. The molecule has 23 heavy (non-hydrogen) atoms. The maximum Gasteiger partial charge on any atom is 0.161 e. The Morgan fingerprint density at radius 3 is 2.30 bits per heavy atom. The second-order valence-corrected chi connectivity index (χ2v) is 6.17. The van der Waals surface area contributed by atoms with Gasteiger partial charge in [0.1, 0.15) is 0 Å². The highest BCUT2D eigenvalue weighted by molar-refractivity contribution is 5.44. The number of nitrogens with zero attached hydrogens (tertiary/aromatic N) is 1. The van der Waals surface area contributed by atoms with Crippen LogP contribution in [0.2, 0.25) is 0 Å². The number of aliphatic hydroxyl groups excluding tert-OH is 1. The van der Waals surface area contributed by atoms with Crippen molar-refractivity contribution in [3.63, 3.8) is 0 Å². The molecule has 130 valence electrons. The Bertz CT molecular complexity index is 458. The van der Waals surface area contributed by atoms with Gasteiger partial charge in [0.2, 0.25) is 0 Å². The van der Waals surface area contributed by atoms with E-state index in [1.54, 1.807) is 0 Å². The summed E-state index contributed by atoms with van der Waals surface area (Å²) >= 11 is 0. The van der Waals surface area contributed by atoms with E-state index < -0.39 is 0 Å². The van der Waals surface area contributed by atoms with Gasteiger partial charge in [-0.2, -0.15) is 0 Å². The molecule has 2 rings (SSSR count). The molecule has 0 saturated carbocycles. The molecule has 1 saturated heterocycles. The smallest absolute Gasteiger partial charge is 0.161 e. The molecule has 1 aliphatic rings. The molecule has 0 radical (unpaired) electrons. The fourth-order valence-electron chi connectivity index (χ4n) is 3.12. The van der Waals surface area contributed by atoms with Crippen molar-refractivity contribution in [3.8, 4) is 11.5 Å². The van der Waals surface area contributed by atoms with Gasteiger partial charge in [0.15, 0.2) is 11.5 Å². The van der Waals surface area contributed by atoms with E-state index in [9.17, 15) is 5.11 Å². The van der Waals surface area contributed by atoms with Crippen molar-refractivity contribution >= 4 is 0 Å². The first-order chi connectivity index (χ1) is 11.3. The van der Waals surface area contributed by atoms with E-state index in [-0.39, 0.29) is 12.6 Å². The second-order valence-electron chi connectivity index (χ2n) is 6.17. The van der Waals surface area contributed by atoms with Crippen LogP contribution >= 0.6 is 0 Å². The van der Waals surface area contributed by atoms with Crippen molar-refractivity contribution in [2.45, 2.75) is 52.0 Å². The Labute approximate surface area is 140 Å². The van der Waals surface area contributed by atoms with Gasteiger partial charge in [0.05, 0.1) is 13.2 Å². The summed E-state index contributed by atoms with van der Waals surface area (Å²) in [5, 5.41) is 9.46. The minimum Gasteiger partial charge on any atom is -0.490 e. The number of likely N-dealkylation sites (tertiary alicyclic amines) is 1. The van der Waals surface area contributed by atoms with Crippen LogP contribution in [-0.4, -0.2) is 42.9 Å². The van der Waals surface area contributed by atoms with Crippen LogP contribution in [0.4, 0.5) is 0 Å². The number of benzene rings is 1. The summed E-state index contributed by atoms with van der Waals surface area (Å²) in [6, 6.07) is 6.53. The third-order valence-electron chi connectivity index (χ3n) is 4.26. The van der Waals surface area contributed by atoms with Crippen molar-refractivity contribution in [1.29, 1.82) is 0 Å². The summed E-state index contributed by atoms with van der Waals surface area (Å²) in [4.78, 5) is 2.47. The summed E-state index contributed by atoms with van der Waals surface area (Å²) in [5.41, 5.74) is 1.22. The van der Waals surface area contributed by atoms with Gasteiger partial charge in [-0.05, 0) is 62.9 Å². The van der Waals surface area contributed by atoms with Crippen LogP contribution in [0.15, 0.2) is 18.2 Å². The molecule has 1 N–H and O–H groups in total. The van der Waals surface area contributed by atoms with Gasteiger partial charge < -0.3 is 14.6 Å². The highest BCUT2D eigenvalue weighted by Crippen LogP contribution is 2.35. The average molecular weight is 321 g/mol. The van der Waals surface area contributed by atoms with E-state index >= 15 is 0 Å². The first kappa shape index (κ1) is 18.1. The molecule has 0 aliphatic carbocycles. The zero-order valence-electron chi connectivity index (χ0n) is 14.6. The molecule has 1 aromatic carbocycles. The van der Waals surface area contributed by atoms with Gasteiger partial charge in [0, 0.05) is 12.6 Å². The van der Waals surface area contributed by atoms with E-state index in [1.807, 2.05) is 6.07 Å². The molecule has 0 spiro atoms. The molecule has 1 unspecified atom stereocenters. The molecular formula is C19H31NO3. The molecule has 1 heterocycles. The molecule has 1 fully saturated rings. The monoisotopic (exact) mass is 321 g/mol. The van der Waals surface area contributed by atoms with Crippen molar-refractivity contribution in [1.82, 2.24) is 4.90 Å². The van der Waals surface area contributed by atoms with Crippen LogP contribution in [0.1, 0.15) is 57.6 Å². The standard InChI is InChI=1S/C19H31NO3/c1-3-13-22-18-8-7-16(15-19(18)23-14-4-2)17(9-12-21)20-10-5-6-11-20/h7-8,15,17,21H,3-6,9-14H2,1-2H3. The molecule has 1 atom stereocenters. The number of rotatable bonds is 10. The Kier molecular flexibility index (Phi) is 7.69. The maximum atomic E-state index is 9.46. The van der Waals surface area contributed by atoms with Crippen molar-refractivity contribution in [2.75, 3.05) is 32.9 Å². The van der Waals surface area contributed by atoms with Crippen LogP contribution in [-0.2, 0) is 0 Å². The zero-order chi connectivity index (χ0) is 16.5. The van der Waals surface area contributed by atoms with Crippen LogP contribution < -0.4 is 9.47 Å². The summed E-state index contributed by atoms with van der Waals surface area (Å²) in [6.07, 6.45) is 5.22. The number of ether oxygens (including phenoxy) is 2. The summed E-state index contributed by atoms with van der Waals surface area (Å²) in [5.74, 6) is 1.66. The van der Waals surface area contributed by atoms with Gasteiger partial charge in [-0.15, -0.1) is 0 Å². The zero-order valence-corrected chi connectivity index (χ0v) is 14.6. The van der Waals surface area contributed by atoms with Crippen LogP contribution in [0, 0.1) is 0 Å². The first-order valence-electron chi connectivity index (χ1n) is 9.04. The summed E-state index contributed by atoms with van der Waals surface area (Å²) in [6.45, 7) is 8.05. The van der Waals surface area contributed by atoms with E-state index in [2.05, 4.69) is 30.9 Å². The lowest BCUT2D eigenvalue weighted by molar-refractivity contribution is 0.184. The normalized spacial score (nSPS) is 16.5. The van der Waals surface area contributed by atoms with Crippen molar-refractivity contribution in [2.24, 2.45) is 0 Å². The quantitative estimate of drug-likeness (QED) is 0.712. The fraction of sp³-hybridized carbons (Fsp3) is 0.684. The number of aliphatic hydroxyl groups is 1. The highest BCUT2D eigenvalue weighted by Gasteiger charge is 2.24. The van der Waals surface area contributed by atoms with E-state index in [0.29, 0.717) is 13.2 Å². The Morgan fingerprint density at radius 1 is 1.04 bits per heavy atom. The number of hydrogen-bond donors (Lipinski definition) is 1. The Balaban J connectivity index is 2.21. The maximum absolute atomic E-state index is 9.46. The van der Waals surface area contributed by atoms with E-state index in [1.165, 1.54) is 18.4 Å². The lowest BCUT2D eigenvalue weighted by Gasteiger charge is -2.28. The predicted octanol–water partition coefficient (Wildman–Crippen LogP) is 3.78. The van der Waals surface area contributed by atoms with E-state index in [4.69, 9.17) is 9.47 Å². The fourth-order valence-corrected chi connectivity index (χ4v) is 3.12. The minimum absolute atomic E-state index is 0.209. The lowest BCUT2D eigenvalue weighted by atomic mass is 10.0. The molecule has 4 nitrogen and oxygen atoms in total. The minimum atomic E-state index is 0.209. The largest absolute Gasteiger partial charge is 0.490 e. The van der Waals surface area contributed by atoms with Gasteiger partial charge >= 0.3 is 0 Å². The van der Waals surface area contributed by atoms with Crippen LogP contribution in [0.3, 0.4) is 0 Å².